The first-order valence-electron chi connectivity index (χ1n) is 10.5. The molecule has 156 valence electrons. The second-order valence-electron chi connectivity index (χ2n) is 7.75. The smallest absolute Gasteiger partial charge is 0.191 e. The summed E-state index contributed by atoms with van der Waals surface area (Å²) in [5, 5.41) is 6.75. The molecule has 5 nitrogen and oxygen atoms in total. The van der Waals surface area contributed by atoms with Gasteiger partial charge in [0.1, 0.15) is 0 Å². The molecule has 2 aromatic carbocycles. The van der Waals surface area contributed by atoms with Crippen LogP contribution in [0.3, 0.4) is 0 Å². The third kappa shape index (κ3) is 7.18. The molecule has 1 aliphatic heterocycles. The van der Waals surface area contributed by atoms with Gasteiger partial charge in [0.05, 0.1) is 25.4 Å². The van der Waals surface area contributed by atoms with Crippen molar-refractivity contribution in [2.24, 2.45) is 4.99 Å². The highest BCUT2D eigenvalue weighted by molar-refractivity contribution is 5.79. The summed E-state index contributed by atoms with van der Waals surface area (Å²) in [4.78, 5) is 4.74. The quantitative estimate of drug-likeness (QED) is 0.497. The zero-order valence-electron chi connectivity index (χ0n) is 17.6. The molecule has 0 saturated carbocycles. The van der Waals surface area contributed by atoms with Crippen LogP contribution in [0.15, 0.2) is 59.6 Å². The highest BCUT2D eigenvalue weighted by atomic mass is 16.5. The van der Waals surface area contributed by atoms with Crippen LogP contribution in [-0.4, -0.2) is 31.3 Å². The zero-order valence-corrected chi connectivity index (χ0v) is 17.6. The van der Waals surface area contributed by atoms with Crippen molar-refractivity contribution < 1.29 is 9.47 Å². The van der Waals surface area contributed by atoms with Crippen LogP contribution in [-0.2, 0) is 29.2 Å². The summed E-state index contributed by atoms with van der Waals surface area (Å²) in [7, 11) is 0. The molecule has 2 aromatic rings. The second-order valence-corrected chi connectivity index (χ2v) is 7.75. The molecule has 3 rings (SSSR count). The van der Waals surface area contributed by atoms with Gasteiger partial charge in [-0.25, -0.2) is 4.99 Å². The Kier molecular flexibility index (Phi) is 8.08. The van der Waals surface area contributed by atoms with Gasteiger partial charge in [0, 0.05) is 19.7 Å². The van der Waals surface area contributed by atoms with Gasteiger partial charge in [-0.05, 0) is 43.4 Å². The van der Waals surface area contributed by atoms with Gasteiger partial charge in [-0.1, -0.05) is 54.6 Å². The van der Waals surface area contributed by atoms with Gasteiger partial charge in [-0.15, -0.1) is 0 Å². The largest absolute Gasteiger partial charge is 0.373 e. The van der Waals surface area contributed by atoms with E-state index in [2.05, 4.69) is 60.9 Å². The Bertz CT molecular complexity index is 771. The van der Waals surface area contributed by atoms with Crippen molar-refractivity contribution in [2.45, 2.75) is 52.0 Å². The highest BCUT2D eigenvalue weighted by Crippen LogP contribution is 2.23. The average molecular weight is 396 g/mol. The molecule has 1 unspecified atom stereocenters. The fourth-order valence-electron chi connectivity index (χ4n) is 3.44. The highest BCUT2D eigenvalue weighted by Gasteiger charge is 2.29. The Labute approximate surface area is 174 Å². The average Bonchev–Trinajstić information content (AvgIpc) is 3.18. The molecule has 29 heavy (non-hydrogen) atoms. The molecule has 0 aromatic heterocycles. The van der Waals surface area contributed by atoms with Crippen LogP contribution in [0, 0.1) is 0 Å². The van der Waals surface area contributed by atoms with E-state index in [0.717, 1.165) is 38.5 Å². The van der Waals surface area contributed by atoms with Crippen LogP contribution in [0.5, 0.6) is 0 Å². The van der Waals surface area contributed by atoms with E-state index in [1.54, 1.807) is 0 Å². The number of nitrogens with one attached hydrogen (secondary N) is 2. The van der Waals surface area contributed by atoms with Crippen LogP contribution in [0.2, 0.25) is 0 Å². The summed E-state index contributed by atoms with van der Waals surface area (Å²) in [5.74, 6) is 0.829. The monoisotopic (exact) mass is 395 g/mol. The lowest BCUT2D eigenvalue weighted by molar-refractivity contribution is 0.0243. The van der Waals surface area contributed by atoms with Crippen molar-refractivity contribution in [3.8, 4) is 0 Å². The molecule has 1 atom stereocenters. The molecule has 1 heterocycles. The number of hydrogen-bond acceptors (Lipinski definition) is 3. The summed E-state index contributed by atoms with van der Waals surface area (Å²) in [6, 6.07) is 18.7. The molecular weight excluding hydrogens is 362 g/mol. The molecular formula is C24H33N3O2. The molecule has 0 spiro atoms. The van der Waals surface area contributed by atoms with Gasteiger partial charge >= 0.3 is 0 Å². The topological polar surface area (TPSA) is 54.9 Å². The zero-order chi connectivity index (χ0) is 20.4. The third-order valence-electron chi connectivity index (χ3n) is 5.07. The van der Waals surface area contributed by atoms with Crippen molar-refractivity contribution in [1.29, 1.82) is 0 Å². The van der Waals surface area contributed by atoms with Crippen molar-refractivity contribution in [2.75, 3.05) is 19.7 Å². The normalized spacial score (nSPS) is 19.3. The Balaban J connectivity index is 1.51. The molecule has 0 bridgehead atoms. The minimum atomic E-state index is -0.0911. The maximum absolute atomic E-state index is 5.86. The van der Waals surface area contributed by atoms with Crippen molar-refractivity contribution >= 4 is 5.96 Å². The Morgan fingerprint density at radius 3 is 2.55 bits per heavy atom. The summed E-state index contributed by atoms with van der Waals surface area (Å²) < 4.78 is 11.7. The first-order valence-corrected chi connectivity index (χ1v) is 10.5. The van der Waals surface area contributed by atoms with Crippen LogP contribution in [0.4, 0.5) is 0 Å². The lowest BCUT2D eigenvalue weighted by Crippen LogP contribution is -2.45. The van der Waals surface area contributed by atoms with E-state index in [0.29, 0.717) is 19.8 Å². The maximum Gasteiger partial charge on any atom is 0.191 e. The number of aliphatic imine (C=N–C) groups is 1. The summed E-state index contributed by atoms with van der Waals surface area (Å²) in [6.07, 6.45) is 2.22. The van der Waals surface area contributed by atoms with Crippen LogP contribution in [0.25, 0.3) is 0 Å². The third-order valence-corrected chi connectivity index (χ3v) is 5.07. The fraction of sp³-hybridized carbons (Fsp3) is 0.458. The van der Waals surface area contributed by atoms with Crippen molar-refractivity contribution in [3.05, 3.63) is 71.3 Å². The number of nitrogens with zero attached hydrogens (tertiary/aromatic N) is 1. The van der Waals surface area contributed by atoms with Crippen LogP contribution >= 0.6 is 0 Å². The second kappa shape index (κ2) is 11.0. The molecule has 1 saturated heterocycles. The predicted molar refractivity (Wildman–Crippen MR) is 118 cm³/mol. The molecule has 1 fully saturated rings. The number of benzene rings is 2. The summed E-state index contributed by atoms with van der Waals surface area (Å²) in [6.45, 7) is 8.54. The van der Waals surface area contributed by atoms with Gasteiger partial charge in [0.25, 0.3) is 0 Å². The van der Waals surface area contributed by atoms with Crippen molar-refractivity contribution in [3.63, 3.8) is 0 Å². The Morgan fingerprint density at radius 1 is 1.03 bits per heavy atom. The van der Waals surface area contributed by atoms with Gasteiger partial charge in [0.2, 0.25) is 0 Å². The van der Waals surface area contributed by atoms with E-state index >= 15 is 0 Å². The molecule has 5 heteroatoms. The molecule has 2 N–H and O–H groups in total. The van der Waals surface area contributed by atoms with E-state index in [1.165, 1.54) is 16.7 Å². The lowest BCUT2D eigenvalue weighted by atomic mass is 10.0. The Hall–Kier alpha value is -2.37. The van der Waals surface area contributed by atoms with Gasteiger partial charge in [0.15, 0.2) is 5.96 Å². The fourth-order valence-corrected chi connectivity index (χ4v) is 3.44. The summed E-state index contributed by atoms with van der Waals surface area (Å²) in [5.41, 5.74) is 3.44. The van der Waals surface area contributed by atoms with E-state index in [4.69, 9.17) is 14.5 Å². The first-order chi connectivity index (χ1) is 14.2. The van der Waals surface area contributed by atoms with E-state index in [9.17, 15) is 0 Å². The molecule has 1 aliphatic rings. The SMILES string of the molecule is CCNC(=NCc1cccc(COCc2ccccc2)c1)NCC1(C)CCCO1. The standard InChI is InChI=1S/C24H33N3O2/c1-3-25-23(27-19-24(2)13-8-14-29-24)26-16-21-11-7-12-22(15-21)18-28-17-20-9-5-4-6-10-20/h4-7,9-12,15H,3,8,13-14,16-19H2,1-2H3,(H2,25,26,27). The van der Waals surface area contributed by atoms with Crippen LogP contribution in [0.1, 0.15) is 43.4 Å². The molecule has 0 amide bonds. The minimum Gasteiger partial charge on any atom is -0.373 e. The van der Waals surface area contributed by atoms with E-state index in [-0.39, 0.29) is 5.60 Å². The van der Waals surface area contributed by atoms with E-state index in [1.807, 2.05) is 18.2 Å². The van der Waals surface area contributed by atoms with Gasteiger partial charge in [-0.2, -0.15) is 0 Å². The minimum absolute atomic E-state index is 0.0911. The summed E-state index contributed by atoms with van der Waals surface area (Å²) >= 11 is 0. The predicted octanol–water partition coefficient (Wildman–Crippen LogP) is 4.03. The first kappa shape index (κ1) is 21.3. The maximum atomic E-state index is 5.86. The van der Waals surface area contributed by atoms with Crippen molar-refractivity contribution in [1.82, 2.24) is 10.6 Å². The molecule has 0 radical (unpaired) electrons. The molecule has 0 aliphatic carbocycles. The number of ether oxygens (including phenoxy) is 2. The lowest BCUT2D eigenvalue weighted by Gasteiger charge is -2.24. The number of rotatable bonds is 9. The van der Waals surface area contributed by atoms with Gasteiger partial charge in [-0.3, -0.25) is 0 Å². The Morgan fingerprint density at radius 2 is 1.79 bits per heavy atom. The number of hydrogen-bond donors (Lipinski definition) is 2. The van der Waals surface area contributed by atoms with Crippen LogP contribution < -0.4 is 10.6 Å². The van der Waals surface area contributed by atoms with E-state index < -0.39 is 0 Å². The van der Waals surface area contributed by atoms with Gasteiger partial charge < -0.3 is 20.1 Å². The number of guanidine groups is 1.